The number of carbonyl (C=O) groups is 2. The minimum Gasteiger partial charge on any atom is -0.452 e. The molecular formula is C16H13F2NO5. The van der Waals surface area contributed by atoms with E-state index < -0.39 is 35.7 Å². The predicted octanol–water partition coefficient (Wildman–Crippen LogP) is 2.33. The summed E-state index contributed by atoms with van der Waals surface area (Å²) in [4.78, 5) is 34.8. The third kappa shape index (κ3) is 4.03. The molecule has 8 heteroatoms. The molecule has 24 heavy (non-hydrogen) atoms. The fourth-order valence-corrected chi connectivity index (χ4v) is 2.04. The Morgan fingerprint density at radius 1 is 1.17 bits per heavy atom. The van der Waals surface area contributed by atoms with Gasteiger partial charge in [0, 0.05) is 17.8 Å². The summed E-state index contributed by atoms with van der Waals surface area (Å²) in [5.74, 6) is -3.66. The average Bonchev–Trinajstić information content (AvgIpc) is 2.48. The number of rotatable bonds is 4. The summed E-state index contributed by atoms with van der Waals surface area (Å²) in [5, 5.41) is 2.26. The van der Waals surface area contributed by atoms with Crippen LogP contribution in [0.5, 0.6) is 0 Å². The first-order valence-electron chi connectivity index (χ1n) is 6.81. The molecule has 0 aliphatic heterocycles. The molecule has 0 saturated heterocycles. The molecule has 1 aromatic heterocycles. The zero-order valence-electron chi connectivity index (χ0n) is 12.8. The lowest BCUT2D eigenvalue weighted by molar-refractivity contribution is -0.119. The van der Waals surface area contributed by atoms with Crippen molar-refractivity contribution in [3.63, 3.8) is 0 Å². The number of anilines is 1. The van der Waals surface area contributed by atoms with E-state index in [0.717, 1.165) is 24.3 Å². The maximum Gasteiger partial charge on any atom is 0.342 e. The van der Waals surface area contributed by atoms with Crippen LogP contribution in [-0.4, -0.2) is 18.5 Å². The van der Waals surface area contributed by atoms with Gasteiger partial charge in [-0.3, -0.25) is 4.79 Å². The number of nitrogens with one attached hydrogen (secondary N) is 1. The Labute approximate surface area is 135 Å². The molecule has 6 nitrogen and oxygen atoms in total. The third-order valence-corrected chi connectivity index (χ3v) is 3.08. The van der Waals surface area contributed by atoms with Crippen LogP contribution in [0.1, 0.15) is 21.7 Å². The second-order valence-corrected chi connectivity index (χ2v) is 4.93. The van der Waals surface area contributed by atoms with Crippen molar-refractivity contribution in [3.05, 3.63) is 63.2 Å². The average molecular weight is 337 g/mol. The first-order valence-corrected chi connectivity index (χ1v) is 6.81. The lowest BCUT2D eigenvalue weighted by atomic mass is 10.1. The van der Waals surface area contributed by atoms with Crippen molar-refractivity contribution >= 4 is 17.6 Å². The number of amides is 1. The Morgan fingerprint density at radius 2 is 1.88 bits per heavy atom. The first kappa shape index (κ1) is 17.3. The van der Waals surface area contributed by atoms with Gasteiger partial charge in [0.2, 0.25) is 0 Å². The Morgan fingerprint density at radius 3 is 2.50 bits per heavy atom. The maximum atomic E-state index is 13.0. The van der Waals surface area contributed by atoms with E-state index in [0.29, 0.717) is 5.56 Å². The maximum absolute atomic E-state index is 13.0. The molecule has 1 aromatic carbocycles. The highest BCUT2D eigenvalue weighted by Crippen LogP contribution is 2.14. The molecule has 1 amide bonds. The number of hydrogen-bond acceptors (Lipinski definition) is 5. The van der Waals surface area contributed by atoms with E-state index in [-0.39, 0.29) is 17.0 Å². The smallest absolute Gasteiger partial charge is 0.342 e. The molecule has 0 saturated carbocycles. The van der Waals surface area contributed by atoms with Gasteiger partial charge >= 0.3 is 11.6 Å². The van der Waals surface area contributed by atoms with Crippen molar-refractivity contribution in [2.24, 2.45) is 0 Å². The van der Waals surface area contributed by atoms with Gasteiger partial charge in [0.05, 0.1) is 0 Å². The van der Waals surface area contributed by atoms with Crippen molar-refractivity contribution in [2.75, 3.05) is 11.9 Å². The van der Waals surface area contributed by atoms with Crippen LogP contribution >= 0.6 is 0 Å². The lowest BCUT2D eigenvalue weighted by Gasteiger charge is -2.09. The van der Waals surface area contributed by atoms with Gasteiger partial charge in [0.25, 0.3) is 5.91 Å². The van der Waals surface area contributed by atoms with Gasteiger partial charge < -0.3 is 14.5 Å². The standard InChI is InChI=1S/C16H13F2NO5/c1-8-5-14(21)24-9(2)15(8)16(22)23-7-13(20)19-10-3-4-11(17)12(18)6-10/h3-6H,7H2,1-2H3,(H,19,20). The van der Waals surface area contributed by atoms with Crippen LogP contribution in [0.25, 0.3) is 0 Å². The highest BCUT2D eigenvalue weighted by Gasteiger charge is 2.18. The molecule has 0 aliphatic carbocycles. The lowest BCUT2D eigenvalue weighted by Crippen LogP contribution is -2.22. The summed E-state index contributed by atoms with van der Waals surface area (Å²) in [7, 11) is 0. The second kappa shape index (κ2) is 7.03. The summed E-state index contributed by atoms with van der Waals surface area (Å²) >= 11 is 0. The molecule has 0 spiro atoms. The number of esters is 1. The topological polar surface area (TPSA) is 85.6 Å². The molecule has 126 valence electrons. The van der Waals surface area contributed by atoms with Gasteiger partial charge in [-0.05, 0) is 31.5 Å². The first-order chi connectivity index (χ1) is 11.3. The highest BCUT2D eigenvalue weighted by molar-refractivity contribution is 5.96. The van der Waals surface area contributed by atoms with E-state index in [2.05, 4.69) is 5.32 Å². The zero-order valence-corrected chi connectivity index (χ0v) is 12.8. The van der Waals surface area contributed by atoms with Gasteiger partial charge in [0.1, 0.15) is 11.3 Å². The minimum absolute atomic E-state index is 0.0213. The van der Waals surface area contributed by atoms with Crippen LogP contribution in [0, 0.1) is 25.5 Å². The van der Waals surface area contributed by atoms with Gasteiger partial charge in [-0.1, -0.05) is 0 Å². The molecular weight excluding hydrogens is 324 g/mol. The van der Waals surface area contributed by atoms with Crippen molar-refractivity contribution in [2.45, 2.75) is 13.8 Å². The fraction of sp³-hybridized carbons (Fsp3) is 0.188. The van der Waals surface area contributed by atoms with Crippen LogP contribution in [0.4, 0.5) is 14.5 Å². The summed E-state index contributed by atoms with van der Waals surface area (Å²) in [6, 6.07) is 3.95. The molecule has 0 atom stereocenters. The number of ether oxygens (including phenoxy) is 1. The summed E-state index contributed by atoms with van der Waals surface area (Å²) in [6.07, 6.45) is 0. The van der Waals surface area contributed by atoms with E-state index in [4.69, 9.17) is 9.15 Å². The van der Waals surface area contributed by atoms with Crippen LogP contribution in [0.15, 0.2) is 33.5 Å². The van der Waals surface area contributed by atoms with E-state index >= 15 is 0 Å². The van der Waals surface area contributed by atoms with Crippen molar-refractivity contribution in [1.29, 1.82) is 0 Å². The zero-order chi connectivity index (χ0) is 17.9. The summed E-state index contributed by atoms with van der Waals surface area (Å²) < 4.78 is 35.5. The molecule has 1 N–H and O–H groups in total. The number of aryl methyl sites for hydroxylation is 2. The van der Waals surface area contributed by atoms with Gasteiger partial charge in [0.15, 0.2) is 18.2 Å². The Balaban J connectivity index is 2.00. The number of carbonyl (C=O) groups excluding carboxylic acids is 2. The second-order valence-electron chi connectivity index (χ2n) is 4.93. The van der Waals surface area contributed by atoms with Gasteiger partial charge in [-0.2, -0.15) is 0 Å². The molecule has 2 rings (SSSR count). The molecule has 0 unspecified atom stereocenters. The predicted molar refractivity (Wildman–Crippen MR) is 79.7 cm³/mol. The Kier molecular flexibility index (Phi) is 5.08. The Hall–Kier alpha value is -3.03. The summed E-state index contributed by atoms with van der Waals surface area (Å²) in [6.45, 7) is 2.31. The highest BCUT2D eigenvalue weighted by atomic mass is 19.2. The van der Waals surface area contributed by atoms with E-state index in [1.807, 2.05) is 0 Å². The van der Waals surface area contributed by atoms with Crippen LogP contribution in [0.2, 0.25) is 0 Å². The number of benzene rings is 1. The van der Waals surface area contributed by atoms with Crippen LogP contribution in [0.3, 0.4) is 0 Å². The van der Waals surface area contributed by atoms with E-state index in [9.17, 15) is 23.2 Å². The number of halogens is 2. The molecule has 2 aromatic rings. The van der Waals surface area contributed by atoms with Crippen molar-refractivity contribution in [1.82, 2.24) is 0 Å². The largest absolute Gasteiger partial charge is 0.452 e. The monoisotopic (exact) mass is 337 g/mol. The van der Waals surface area contributed by atoms with E-state index in [1.54, 1.807) is 0 Å². The molecule has 0 fully saturated rings. The molecule has 0 radical (unpaired) electrons. The quantitative estimate of drug-likeness (QED) is 0.866. The van der Waals surface area contributed by atoms with E-state index in [1.165, 1.54) is 13.8 Å². The fourth-order valence-electron chi connectivity index (χ4n) is 2.04. The van der Waals surface area contributed by atoms with Gasteiger partial charge in [-0.15, -0.1) is 0 Å². The summed E-state index contributed by atoms with van der Waals surface area (Å²) in [5.41, 5.74) is -0.171. The third-order valence-electron chi connectivity index (χ3n) is 3.08. The minimum atomic E-state index is -1.12. The normalized spacial score (nSPS) is 10.3. The number of hydrogen-bond donors (Lipinski definition) is 1. The van der Waals surface area contributed by atoms with Crippen LogP contribution < -0.4 is 10.9 Å². The van der Waals surface area contributed by atoms with Crippen molar-refractivity contribution < 1.29 is 27.5 Å². The van der Waals surface area contributed by atoms with Gasteiger partial charge in [-0.25, -0.2) is 18.4 Å². The van der Waals surface area contributed by atoms with Crippen LogP contribution in [-0.2, 0) is 9.53 Å². The Bertz CT molecular complexity index is 834. The molecule has 1 heterocycles. The molecule has 0 bridgehead atoms. The SMILES string of the molecule is Cc1cc(=O)oc(C)c1C(=O)OCC(=O)Nc1ccc(F)c(F)c1. The van der Waals surface area contributed by atoms with Crippen molar-refractivity contribution in [3.8, 4) is 0 Å². The molecule has 0 aliphatic rings.